The Bertz CT molecular complexity index is 627. The Labute approximate surface area is 161 Å². The fourth-order valence-corrected chi connectivity index (χ4v) is 2.79. The lowest BCUT2D eigenvalue weighted by Crippen LogP contribution is -2.56. The highest BCUT2D eigenvalue weighted by Crippen LogP contribution is 2.19. The fourth-order valence-electron chi connectivity index (χ4n) is 2.79. The Morgan fingerprint density at radius 1 is 1.21 bits per heavy atom. The molecule has 12 heteroatoms. The zero-order chi connectivity index (χ0) is 21.4. The summed E-state index contributed by atoms with van der Waals surface area (Å²) in [6.07, 6.45) is 0.960. The van der Waals surface area contributed by atoms with Crippen LogP contribution < -0.4 is 22.1 Å². The molecule has 4 amide bonds. The molecule has 0 aromatic carbocycles. The Morgan fingerprint density at radius 2 is 1.86 bits per heavy atom. The Hall–Kier alpha value is -2.73. The van der Waals surface area contributed by atoms with Crippen molar-refractivity contribution in [3.05, 3.63) is 0 Å². The van der Waals surface area contributed by atoms with Gasteiger partial charge in [0.2, 0.25) is 23.6 Å². The van der Waals surface area contributed by atoms with E-state index in [0.717, 1.165) is 0 Å². The molecular weight excluding hydrogens is 374 g/mol. The first-order chi connectivity index (χ1) is 13.1. The zero-order valence-electron chi connectivity index (χ0n) is 15.6. The zero-order valence-corrected chi connectivity index (χ0v) is 15.6. The highest BCUT2D eigenvalue weighted by atomic mass is 16.4. The molecule has 0 bridgehead atoms. The first kappa shape index (κ1) is 23.3. The molecule has 1 fully saturated rings. The van der Waals surface area contributed by atoms with Crippen LogP contribution in [-0.2, 0) is 24.0 Å². The summed E-state index contributed by atoms with van der Waals surface area (Å²) in [5.41, 5.74) is 10.8. The van der Waals surface area contributed by atoms with Gasteiger partial charge in [-0.1, -0.05) is 0 Å². The van der Waals surface area contributed by atoms with Gasteiger partial charge >= 0.3 is 5.97 Å². The number of carbonyl (C=O) groups is 5. The first-order valence-electron chi connectivity index (χ1n) is 8.87. The SMILES string of the molecule is CC(NC(=O)C1CCCN1C(=O)C(N)CCC(N)=O)C(=O)NC(CO)C(=O)O. The van der Waals surface area contributed by atoms with E-state index >= 15 is 0 Å². The van der Waals surface area contributed by atoms with Crippen molar-refractivity contribution in [2.24, 2.45) is 11.5 Å². The van der Waals surface area contributed by atoms with Gasteiger partial charge in [0.25, 0.3) is 0 Å². The van der Waals surface area contributed by atoms with E-state index in [9.17, 15) is 24.0 Å². The van der Waals surface area contributed by atoms with Crippen molar-refractivity contribution in [2.45, 2.75) is 56.8 Å². The van der Waals surface area contributed by atoms with Crippen molar-refractivity contribution in [1.82, 2.24) is 15.5 Å². The largest absolute Gasteiger partial charge is 0.480 e. The molecule has 1 heterocycles. The molecule has 4 unspecified atom stereocenters. The number of carboxylic acid groups (broad SMARTS) is 1. The van der Waals surface area contributed by atoms with Gasteiger partial charge in [0.1, 0.15) is 18.1 Å². The van der Waals surface area contributed by atoms with Crippen LogP contribution in [0.15, 0.2) is 0 Å². The molecule has 0 radical (unpaired) electrons. The van der Waals surface area contributed by atoms with Crippen LogP contribution in [-0.4, -0.2) is 82.0 Å². The van der Waals surface area contributed by atoms with E-state index < -0.39 is 60.4 Å². The number of primary amides is 1. The minimum Gasteiger partial charge on any atom is -0.480 e. The average Bonchev–Trinajstić information content (AvgIpc) is 3.12. The number of carbonyl (C=O) groups excluding carboxylic acids is 4. The molecule has 28 heavy (non-hydrogen) atoms. The number of nitrogens with zero attached hydrogens (tertiary/aromatic N) is 1. The molecular formula is C16H27N5O7. The van der Waals surface area contributed by atoms with Gasteiger partial charge in [0.15, 0.2) is 0 Å². The van der Waals surface area contributed by atoms with Crippen molar-refractivity contribution in [3.8, 4) is 0 Å². The molecule has 1 rings (SSSR count). The van der Waals surface area contributed by atoms with Gasteiger partial charge in [0, 0.05) is 13.0 Å². The van der Waals surface area contributed by atoms with Gasteiger partial charge in [-0.2, -0.15) is 0 Å². The average molecular weight is 401 g/mol. The van der Waals surface area contributed by atoms with E-state index in [2.05, 4.69) is 10.6 Å². The topological polar surface area (TPSA) is 205 Å². The van der Waals surface area contributed by atoms with Crippen LogP contribution in [0.4, 0.5) is 0 Å². The second-order valence-electron chi connectivity index (χ2n) is 6.61. The number of amides is 4. The number of carboxylic acids is 1. The standard InChI is InChI=1S/C16H27N5O7/c1-8(13(24)20-10(7-22)16(27)28)19-14(25)11-3-2-6-21(11)15(26)9(17)4-5-12(18)23/h8-11,22H,2-7,17H2,1H3,(H2,18,23)(H,19,25)(H,20,24)(H,27,28). The molecule has 4 atom stereocenters. The van der Waals surface area contributed by atoms with E-state index in [4.69, 9.17) is 21.7 Å². The van der Waals surface area contributed by atoms with Crippen LogP contribution in [0, 0.1) is 0 Å². The molecule has 1 saturated heterocycles. The summed E-state index contributed by atoms with van der Waals surface area (Å²) in [4.78, 5) is 59.9. The van der Waals surface area contributed by atoms with Gasteiger partial charge in [-0.05, 0) is 26.2 Å². The van der Waals surface area contributed by atoms with Crippen LogP contribution >= 0.6 is 0 Å². The molecule has 0 spiro atoms. The number of hydrogen-bond donors (Lipinski definition) is 6. The van der Waals surface area contributed by atoms with E-state index in [0.29, 0.717) is 19.4 Å². The number of hydrogen-bond acceptors (Lipinski definition) is 7. The summed E-state index contributed by atoms with van der Waals surface area (Å²) in [5, 5.41) is 22.3. The lowest BCUT2D eigenvalue weighted by atomic mass is 10.1. The van der Waals surface area contributed by atoms with E-state index in [1.165, 1.54) is 11.8 Å². The Balaban J connectivity index is 2.66. The second-order valence-corrected chi connectivity index (χ2v) is 6.61. The van der Waals surface area contributed by atoms with Crippen molar-refractivity contribution in [1.29, 1.82) is 0 Å². The number of nitrogens with one attached hydrogen (secondary N) is 2. The molecule has 0 aliphatic carbocycles. The number of aliphatic carboxylic acids is 1. The monoisotopic (exact) mass is 401 g/mol. The third kappa shape index (κ3) is 6.46. The highest BCUT2D eigenvalue weighted by Gasteiger charge is 2.37. The maximum absolute atomic E-state index is 12.5. The summed E-state index contributed by atoms with van der Waals surface area (Å²) in [5.74, 6) is -3.84. The van der Waals surface area contributed by atoms with Gasteiger partial charge in [0.05, 0.1) is 12.6 Å². The Kier molecular flexibility index (Phi) is 8.79. The molecule has 1 aliphatic rings. The smallest absolute Gasteiger partial charge is 0.328 e. The van der Waals surface area contributed by atoms with Crippen LogP contribution in [0.2, 0.25) is 0 Å². The molecule has 8 N–H and O–H groups in total. The predicted molar refractivity (Wildman–Crippen MR) is 95.4 cm³/mol. The fraction of sp³-hybridized carbons (Fsp3) is 0.688. The molecule has 0 aromatic rings. The van der Waals surface area contributed by atoms with Gasteiger partial charge in [-0.15, -0.1) is 0 Å². The van der Waals surface area contributed by atoms with Crippen LogP contribution in [0.1, 0.15) is 32.6 Å². The predicted octanol–water partition coefficient (Wildman–Crippen LogP) is -3.36. The summed E-state index contributed by atoms with van der Waals surface area (Å²) < 4.78 is 0. The van der Waals surface area contributed by atoms with Crippen LogP contribution in [0.25, 0.3) is 0 Å². The molecule has 0 saturated carbocycles. The number of likely N-dealkylation sites (tertiary alicyclic amines) is 1. The third-order valence-electron chi connectivity index (χ3n) is 4.41. The van der Waals surface area contributed by atoms with Gasteiger partial charge in [-0.3, -0.25) is 19.2 Å². The lowest BCUT2D eigenvalue weighted by molar-refractivity contribution is -0.144. The van der Waals surface area contributed by atoms with Crippen molar-refractivity contribution in [2.75, 3.05) is 13.2 Å². The Morgan fingerprint density at radius 3 is 2.39 bits per heavy atom. The molecule has 0 aromatic heterocycles. The van der Waals surface area contributed by atoms with Gasteiger partial charge < -0.3 is 37.2 Å². The minimum atomic E-state index is -1.49. The van der Waals surface area contributed by atoms with E-state index in [-0.39, 0.29) is 12.8 Å². The third-order valence-corrected chi connectivity index (χ3v) is 4.41. The van der Waals surface area contributed by atoms with Crippen LogP contribution in [0.3, 0.4) is 0 Å². The number of aliphatic hydroxyl groups excluding tert-OH is 1. The molecule has 12 nitrogen and oxygen atoms in total. The molecule has 158 valence electrons. The van der Waals surface area contributed by atoms with Gasteiger partial charge in [-0.25, -0.2) is 4.79 Å². The summed E-state index contributed by atoms with van der Waals surface area (Å²) in [6.45, 7) is 0.867. The first-order valence-corrected chi connectivity index (χ1v) is 8.87. The summed E-state index contributed by atoms with van der Waals surface area (Å²) in [6, 6.07) is -4.36. The molecule has 1 aliphatic heterocycles. The van der Waals surface area contributed by atoms with Crippen molar-refractivity contribution in [3.63, 3.8) is 0 Å². The van der Waals surface area contributed by atoms with Crippen molar-refractivity contribution < 1.29 is 34.2 Å². The van der Waals surface area contributed by atoms with Crippen molar-refractivity contribution >= 4 is 29.6 Å². The van der Waals surface area contributed by atoms with Crippen LogP contribution in [0.5, 0.6) is 0 Å². The number of rotatable bonds is 10. The lowest BCUT2D eigenvalue weighted by Gasteiger charge is -2.27. The quantitative estimate of drug-likeness (QED) is 0.217. The maximum Gasteiger partial charge on any atom is 0.328 e. The second kappa shape index (κ2) is 10.6. The van der Waals surface area contributed by atoms with E-state index in [1.807, 2.05) is 0 Å². The minimum absolute atomic E-state index is 0.0512. The number of nitrogens with two attached hydrogens (primary N) is 2. The highest BCUT2D eigenvalue weighted by molar-refractivity contribution is 5.94. The number of aliphatic hydroxyl groups is 1. The maximum atomic E-state index is 12.5. The summed E-state index contributed by atoms with van der Waals surface area (Å²) in [7, 11) is 0. The normalized spacial score (nSPS) is 19.4. The summed E-state index contributed by atoms with van der Waals surface area (Å²) >= 11 is 0. The van der Waals surface area contributed by atoms with E-state index in [1.54, 1.807) is 0 Å².